The van der Waals surface area contributed by atoms with Crippen molar-refractivity contribution in [3.8, 4) is 5.75 Å². The molecular weight excluding hydrogens is 394 g/mol. The normalized spacial score (nSPS) is 14.7. The third-order valence-electron chi connectivity index (χ3n) is 4.27. The highest BCUT2D eigenvalue weighted by molar-refractivity contribution is 8.16. The number of nitrogens with one attached hydrogen (secondary N) is 2. The summed E-state index contributed by atoms with van der Waals surface area (Å²) in [5, 5.41) is 3.17. The van der Waals surface area contributed by atoms with Crippen LogP contribution in [0.25, 0.3) is 10.9 Å². The van der Waals surface area contributed by atoms with Gasteiger partial charge in [-0.15, -0.1) is 23.5 Å². The van der Waals surface area contributed by atoms with E-state index in [1.807, 2.05) is 35.7 Å². The molecule has 4 rings (SSSR count). The van der Waals surface area contributed by atoms with Crippen LogP contribution in [0.15, 0.2) is 53.6 Å². The molecule has 0 bridgehead atoms. The van der Waals surface area contributed by atoms with Crippen molar-refractivity contribution in [2.45, 2.75) is 11.0 Å². The zero-order chi connectivity index (χ0) is 19.3. The first-order valence-electron chi connectivity index (χ1n) is 8.92. The minimum absolute atomic E-state index is 0.103. The van der Waals surface area contributed by atoms with E-state index in [0.717, 1.165) is 0 Å². The molecule has 0 saturated carbocycles. The Morgan fingerprint density at radius 1 is 1.18 bits per heavy atom. The zero-order valence-corrected chi connectivity index (χ0v) is 16.6. The molecule has 8 heteroatoms. The van der Waals surface area contributed by atoms with E-state index in [-0.39, 0.29) is 18.1 Å². The maximum absolute atomic E-state index is 12.2. The summed E-state index contributed by atoms with van der Waals surface area (Å²) in [6, 6.07) is 12.9. The maximum Gasteiger partial charge on any atom is 0.262 e. The Kier molecular flexibility index (Phi) is 5.87. The van der Waals surface area contributed by atoms with Gasteiger partial charge in [0.25, 0.3) is 11.5 Å². The fourth-order valence-electron chi connectivity index (χ4n) is 2.89. The highest BCUT2D eigenvalue weighted by Gasteiger charge is 2.16. The third-order valence-corrected chi connectivity index (χ3v) is 7.29. The third kappa shape index (κ3) is 4.51. The Bertz CT molecular complexity index is 1030. The van der Waals surface area contributed by atoms with Gasteiger partial charge in [-0.25, -0.2) is 4.98 Å². The molecule has 0 atom stereocenters. The second-order valence-electron chi connectivity index (χ2n) is 6.30. The fourth-order valence-corrected chi connectivity index (χ4v) is 5.79. The first kappa shape index (κ1) is 18.9. The Morgan fingerprint density at radius 2 is 1.96 bits per heavy atom. The molecule has 1 aliphatic rings. The fraction of sp³-hybridized carbons (Fsp3) is 0.250. The summed E-state index contributed by atoms with van der Waals surface area (Å²) in [4.78, 5) is 30.6. The van der Waals surface area contributed by atoms with E-state index in [9.17, 15) is 9.59 Å². The molecule has 1 aromatic heterocycles. The van der Waals surface area contributed by atoms with Crippen LogP contribution in [-0.4, -0.2) is 34.0 Å². The van der Waals surface area contributed by atoms with E-state index in [1.54, 1.807) is 18.2 Å². The van der Waals surface area contributed by atoms with Gasteiger partial charge < -0.3 is 15.0 Å². The van der Waals surface area contributed by atoms with Gasteiger partial charge in [0.15, 0.2) is 6.61 Å². The highest BCUT2D eigenvalue weighted by atomic mass is 32.2. The van der Waals surface area contributed by atoms with Gasteiger partial charge in [-0.05, 0) is 53.8 Å². The van der Waals surface area contributed by atoms with Gasteiger partial charge in [0.2, 0.25) is 0 Å². The summed E-state index contributed by atoms with van der Waals surface area (Å²) in [5.74, 6) is 2.77. The number of fused-ring (bicyclic) bond motifs is 1. The van der Waals surface area contributed by atoms with Crippen molar-refractivity contribution in [2.24, 2.45) is 0 Å². The topological polar surface area (TPSA) is 84.1 Å². The molecule has 28 heavy (non-hydrogen) atoms. The zero-order valence-electron chi connectivity index (χ0n) is 15.0. The summed E-state index contributed by atoms with van der Waals surface area (Å²) in [5.41, 5.74) is 2.14. The van der Waals surface area contributed by atoms with Crippen LogP contribution in [-0.2, 0) is 4.79 Å². The minimum atomic E-state index is -0.290. The summed E-state index contributed by atoms with van der Waals surface area (Å²) in [7, 11) is 0. The van der Waals surface area contributed by atoms with Crippen molar-refractivity contribution >= 4 is 46.0 Å². The lowest BCUT2D eigenvalue weighted by atomic mass is 10.2. The molecule has 2 heterocycles. The lowest BCUT2D eigenvalue weighted by molar-refractivity contribution is -0.118. The van der Waals surface area contributed by atoms with Gasteiger partial charge in [-0.1, -0.05) is 12.1 Å². The second kappa shape index (κ2) is 8.70. The van der Waals surface area contributed by atoms with Crippen LogP contribution in [0, 0.1) is 0 Å². The smallest absolute Gasteiger partial charge is 0.262 e. The van der Waals surface area contributed by atoms with Crippen molar-refractivity contribution in [2.75, 3.05) is 23.4 Å². The van der Waals surface area contributed by atoms with Crippen LogP contribution in [0.2, 0.25) is 0 Å². The van der Waals surface area contributed by atoms with Crippen molar-refractivity contribution in [3.05, 3.63) is 64.7 Å². The van der Waals surface area contributed by atoms with Crippen LogP contribution < -0.4 is 15.6 Å². The molecular formula is C20H19N3O3S2. The van der Waals surface area contributed by atoms with E-state index in [0.29, 0.717) is 26.9 Å². The van der Waals surface area contributed by atoms with Gasteiger partial charge >= 0.3 is 0 Å². The number of hydrogen-bond donors (Lipinski definition) is 2. The van der Waals surface area contributed by atoms with Crippen LogP contribution in [0.1, 0.15) is 16.6 Å². The number of carbonyl (C=O) groups excluding carboxylic acids is 1. The number of anilines is 1. The van der Waals surface area contributed by atoms with Crippen LogP contribution >= 0.6 is 23.5 Å². The standard InChI is InChI=1S/C20H19N3O3S2/c24-18(23-14-4-7-17-16(10-14)19(25)22-12-21-17)11-26-15-5-2-13(3-6-15)20-27-8-1-9-28-20/h2-7,10,12,20H,1,8-9,11H2,(H,23,24)(H,21,22,25). The number of hydrogen-bond acceptors (Lipinski definition) is 6. The minimum Gasteiger partial charge on any atom is -0.484 e. The number of nitrogens with zero attached hydrogens (tertiary/aromatic N) is 1. The number of aromatic amines is 1. The molecule has 1 amide bonds. The summed E-state index contributed by atoms with van der Waals surface area (Å²) >= 11 is 3.94. The number of carbonyl (C=O) groups is 1. The molecule has 6 nitrogen and oxygen atoms in total. The molecule has 1 saturated heterocycles. The van der Waals surface area contributed by atoms with E-state index in [4.69, 9.17) is 4.74 Å². The van der Waals surface area contributed by atoms with E-state index in [1.165, 1.54) is 29.8 Å². The number of rotatable bonds is 5. The molecule has 0 aliphatic carbocycles. The van der Waals surface area contributed by atoms with Crippen molar-refractivity contribution in [1.29, 1.82) is 0 Å². The number of aromatic nitrogens is 2. The van der Waals surface area contributed by atoms with Gasteiger partial charge in [-0.2, -0.15) is 0 Å². The molecule has 2 aromatic carbocycles. The molecule has 2 N–H and O–H groups in total. The van der Waals surface area contributed by atoms with Crippen molar-refractivity contribution < 1.29 is 9.53 Å². The quantitative estimate of drug-likeness (QED) is 0.662. The Hall–Kier alpha value is -2.45. The van der Waals surface area contributed by atoms with Crippen LogP contribution in [0.5, 0.6) is 5.75 Å². The largest absolute Gasteiger partial charge is 0.484 e. The average Bonchev–Trinajstić information content (AvgIpc) is 2.74. The Balaban J connectivity index is 1.34. The Labute approximate surface area is 170 Å². The van der Waals surface area contributed by atoms with Gasteiger partial charge in [0, 0.05) is 5.69 Å². The molecule has 1 fully saturated rings. The molecule has 3 aromatic rings. The molecule has 0 spiro atoms. The summed E-state index contributed by atoms with van der Waals surface area (Å²) in [6.45, 7) is -0.103. The Morgan fingerprint density at radius 3 is 2.75 bits per heavy atom. The molecule has 1 aliphatic heterocycles. The summed E-state index contributed by atoms with van der Waals surface area (Å²) in [6.07, 6.45) is 2.62. The van der Waals surface area contributed by atoms with E-state index in [2.05, 4.69) is 27.4 Å². The second-order valence-corrected chi connectivity index (χ2v) is 9.02. The van der Waals surface area contributed by atoms with Crippen LogP contribution in [0.3, 0.4) is 0 Å². The van der Waals surface area contributed by atoms with E-state index < -0.39 is 0 Å². The first-order chi connectivity index (χ1) is 13.7. The highest BCUT2D eigenvalue weighted by Crippen LogP contribution is 2.43. The van der Waals surface area contributed by atoms with Crippen LogP contribution in [0.4, 0.5) is 5.69 Å². The number of H-pyrrole nitrogens is 1. The molecule has 0 unspecified atom stereocenters. The van der Waals surface area contributed by atoms with Gasteiger partial charge in [0.1, 0.15) is 5.75 Å². The first-order valence-corrected chi connectivity index (χ1v) is 11.0. The van der Waals surface area contributed by atoms with Gasteiger partial charge in [0.05, 0.1) is 21.8 Å². The van der Waals surface area contributed by atoms with E-state index >= 15 is 0 Å². The molecule has 0 radical (unpaired) electrons. The maximum atomic E-state index is 12.2. The predicted octanol–water partition coefficient (Wildman–Crippen LogP) is 3.81. The summed E-state index contributed by atoms with van der Waals surface area (Å²) < 4.78 is 6.07. The van der Waals surface area contributed by atoms with Crippen molar-refractivity contribution in [3.63, 3.8) is 0 Å². The lowest BCUT2D eigenvalue weighted by Crippen LogP contribution is -2.20. The average molecular weight is 414 g/mol. The molecule has 144 valence electrons. The number of benzene rings is 2. The number of amides is 1. The number of ether oxygens (including phenoxy) is 1. The predicted molar refractivity (Wildman–Crippen MR) is 115 cm³/mol. The monoisotopic (exact) mass is 413 g/mol. The lowest BCUT2D eigenvalue weighted by Gasteiger charge is -2.21. The SMILES string of the molecule is O=C(COc1ccc(C2SCCCS2)cc1)Nc1ccc2nc[nH]c(=O)c2c1. The van der Waals surface area contributed by atoms with Crippen molar-refractivity contribution in [1.82, 2.24) is 9.97 Å². The van der Waals surface area contributed by atoms with Gasteiger partial charge in [-0.3, -0.25) is 9.59 Å². The number of thioether (sulfide) groups is 2.